The van der Waals surface area contributed by atoms with Crippen molar-refractivity contribution in [2.45, 2.75) is 18.4 Å². The van der Waals surface area contributed by atoms with Gasteiger partial charge in [0.2, 0.25) is 0 Å². The van der Waals surface area contributed by atoms with E-state index in [1.54, 1.807) is 0 Å². The van der Waals surface area contributed by atoms with Crippen molar-refractivity contribution in [1.29, 1.82) is 0 Å². The van der Waals surface area contributed by atoms with Crippen molar-refractivity contribution in [2.75, 3.05) is 45.9 Å². The Morgan fingerprint density at radius 1 is 1.12 bits per heavy atom. The molecule has 5 nitrogen and oxygen atoms in total. The lowest BCUT2D eigenvalue weighted by atomic mass is 9.95. The second-order valence-electron chi connectivity index (χ2n) is 5.03. The van der Waals surface area contributed by atoms with Crippen molar-refractivity contribution in [1.82, 2.24) is 15.1 Å². The van der Waals surface area contributed by atoms with Gasteiger partial charge in [0.05, 0.1) is 13.2 Å². The molecule has 90 valence electrons. The third-order valence-electron chi connectivity index (χ3n) is 3.79. The van der Waals surface area contributed by atoms with Gasteiger partial charge in [0.15, 0.2) is 0 Å². The highest BCUT2D eigenvalue weighted by Gasteiger charge is 2.44. The van der Waals surface area contributed by atoms with Gasteiger partial charge in [-0.25, -0.2) is 4.79 Å². The third kappa shape index (κ3) is 1.68. The maximum atomic E-state index is 12.2. The summed E-state index contributed by atoms with van der Waals surface area (Å²) in [5, 5.41) is 3.22. The van der Waals surface area contributed by atoms with E-state index >= 15 is 0 Å². The van der Waals surface area contributed by atoms with Gasteiger partial charge in [-0.15, -0.1) is 0 Å². The second kappa shape index (κ2) is 3.89. The van der Waals surface area contributed by atoms with Crippen LogP contribution in [0, 0.1) is 0 Å². The molecule has 0 bridgehead atoms. The number of likely N-dealkylation sites (tertiary alicyclic amines) is 1. The molecule has 0 aromatic heterocycles. The molecule has 0 aromatic rings. The number of hydrogen-bond acceptors (Lipinski definition) is 3. The van der Waals surface area contributed by atoms with Crippen LogP contribution in [0.1, 0.15) is 12.8 Å². The Labute approximate surface area is 95.7 Å². The minimum Gasteiger partial charge on any atom is -0.369 e. The molecule has 3 aliphatic rings. The van der Waals surface area contributed by atoms with E-state index < -0.39 is 0 Å². The number of carbonyl (C=O) groups excluding carboxylic acids is 1. The van der Waals surface area contributed by atoms with Crippen molar-refractivity contribution in [3.8, 4) is 0 Å². The summed E-state index contributed by atoms with van der Waals surface area (Å²) in [6.07, 6.45) is 2.31. The molecule has 3 aliphatic heterocycles. The minimum absolute atomic E-state index is 0.0758. The first-order valence-corrected chi connectivity index (χ1v) is 6.18. The quantitative estimate of drug-likeness (QED) is 0.625. The average molecular weight is 225 g/mol. The van der Waals surface area contributed by atoms with Crippen LogP contribution in [0.4, 0.5) is 4.79 Å². The number of amides is 2. The van der Waals surface area contributed by atoms with Crippen molar-refractivity contribution in [3.63, 3.8) is 0 Å². The average Bonchev–Trinajstić information content (AvgIpc) is 2.79. The van der Waals surface area contributed by atoms with E-state index in [2.05, 4.69) is 5.32 Å². The van der Waals surface area contributed by atoms with Crippen molar-refractivity contribution < 1.29 is 9.53 Å². The van der Waals surface area contributed by atoms with Crippen LogP contribution in [0.15, 0.2) is 0 Å². The summed E-state index contributed by atoms with van der Waals surface area (Å²) in [7, 11) is 0. The van der Waals surface area contributed by atoms with Gasteiger partial charge in [-0.2, -0.15) is 0 Å². The molecule has 3 rings (SSSR count). The van der Waals surface area contributed by atoms with E-state index in [4.69, 9.17) is 4.74 Å². The van der Waals surface area contributed by atoms with E-state index in [9.17, 15) is 4.79 Å². The largest absolute Gasteiger partial charge is 0.369 e. The maximum absolute atomic E-state index is 12.2. The van der Waals surface area contributed by atoms with Crippen LogP contribution in [0.3, 0.4) is 0 Å². The zero-order valence-corrected chi connectivity index (χ0v) is 9.57. The van der Waals surface area contributed by atoms with Gasteiger partial charge in [-0.1, -0.05) is 0 Å². The summed E-state index contributed by atoms with van der Waals surface area (Å²) in [5.74, 6) is 0. The normalized spacial score (nSPS) is 28.2. The zero-order valence-electron chi connectivity index (χ0n) is 9.57. The summed E-state index contributed by atoms with van der Waals surface area (Å²) in [6.45, 7) is 5.82. The standard InChI is InChI=1S/C11H19N3O2/c15-10(13-3-1-2-4-13)14-5-6-16-11(9-14)7-12-8-11/h12H,1-9H2. The predicted octanol–water partition coefficient (Wildman–Crippen LogP) is -0.124. The molecule has 0 unspecified atom stereocenters. The molecule has 0 aliphatic carbocycles. The highest BCUT2D eigenvalue weighted by atomic mass is 16.5. The van der Waals surface area contributed by atoms with E-state index in [1.165, 1.54) is 0 Å². The van der Waals surface area contributed by atoms with Gasteiger partial charge in [0.1, 0.15) is 5.60 Å². The fourth-order valence-electron chi connectivity index (χ4n) is 2.73. The van der Waals surface area contributed by atoms with Gasteiger partial charge in [-0.3, -0.25) is 0 Å². The van der Waals surface area contributed by atoms with E-state index in [-0.39, 0.29) is 11.6 Å². The van der Waals surface area contributed by atoms with Gasteiger partial charge in [-0.05, 0) is 12.8 Å². The fraction of sp³-hybridized carbons (Fsp3) is 0.909. The molecule has 1 spiro atoms. The lowest BCUT2D eigenvalue weighted by Gasteiger charge is -2.49. The van der Waals surface area contributed by atoms with Crippen molar-refractivity contribution in [3.05, 3.63) is 0 Å². The Morgan fingerprint density at radius 3 is 2.50 bits per heavy atom. The third-order valence-corrected chi connectivity index (χ3v) is 3.79. The molecule has 3 heterocycles. The highest BCUT2D eigenvalue weighted by Crippen LogP contribution is 2.23. The number of nitrogens with one attached hydrogen (secondary N) is 1. The summed E-state index contributed by atoms with van der Waals surface area (Å²) >= 11 is 0. The topological polar surface area (TPSA) is 44.8 Å². The molecule has 2 amide bonds. The Bertz CT molecular complexity index is 285. The molecular formula is C11H19N3O2. The monoisotopic (exact) mass is 225 g/mol. The number of urea groups is 1. The molecule has 5 heteroatoms. The molecule has 3 fully saturated rings. The van der Waals surface area contributed by atoms with E-state index in [0.29, 0.717) is 6.61 Å². The maximum Gasteiger partial charge on any atom is 0.320 e. The Kier molecular flexibility index (Phi) is 2.52. The Balaban J connectivity index is 1.63. The molecule has 0 saturated carbocycles. The van der Waals surface area contributed by atoms with Gasteiger partial charge >= 0.3 is 6.03 Å². The number of rotatable bonds is 0. The zero-order chi connectivity index (χ0) is 11.0. The fourth-order valence-corrected chi connectivity index (χ4v) is 2.73. The number of nitrogens with zero attached hydrogens (tertiary/aromatic N) is 2. The number of morpholine rings is 1. The van der Waals surface area contributed by atoms with Crippen LogP contribution in [-0.4, -0.2) is 67.3 Å². The molecule has 0 radical (unpaired) electrons. The van der Waals surface area contributed by atoms with Crippen LogP contribution < -0.4 is 5.32 Å². The number of ether oxygens (including phenoxy) is 1. The molecular weight excluding hydrogens is 206 g/mol. The lowest BCUT2D eigenvalue weighted by Crippen LogP contribution is -2.70. The van der Waals surface area contributed by atoms with Crippen molar-refractivity contribution in [2.24, 2.45) is 0 Å². The number of hydrogen-bond donors (Lipinski definition) is 1. The van der Waals surface area contributed by atoms with E-state index in [0.717, 1.165) is 52.1 Å². The Morgan fingerprint density at radius 2 is 1.88 bits per heavy atom. The van der Waals surface area contributed by atoms with Crippen LogP contribution in [0.25, 0.3) is 0 Å². The van der Waals surface area contributed by atoms with Gasteiger partial charge in [0.25, 0.3) is 0 Å². The molecule has 3 saturated heterocycles. The summed E-state index contributed by atoms with van der Waals surface area (Å²) in [4.78, 5) is 16.1. The SMILES string of the molecule is O=C(N1CCCC1)N1CCOC2(CNC2)C1. The van der Waals surface area contributed by atoms with Crippen molar-refractivity contribution >= 4 is 6.03 Å². The summed E-state index contributed by atoms with van der Waals surface area (Å²) in [6, 6.07) is 0.215. The van der Waals surface area contributed by atoms with E-state index in [1.807, 2.05) is 9.80 Å². The second-order valence-corrected chi connectivity index (χ2v) is 5.03. The first kappa shape index (κ1) is 10.4. The molecule has 0 atom stereocenters. The smallest absolute Gasteiger partial charge is 0.320 e. The molecule has 1 N–H and O–H groups in total. The number of carbonyl (C=O) groups is 1. The highest BCUT2D eigenvalue weighted by molar-refractivity contribution is 5.75. The first-order valence-electron chi connectivity index (χ1n) is 6.18. The van der Waals surface area contributed by atoms with Gasteiger partial charge < -0.3 is 19.9 Å². The summed E-state index contributed by atoms with van der Waals surface area (Å²) < 4.78 is 5.77. The Hall–Kier alpha value is -0.810. The van der Waals surface area contributed by atoms with Gasteiger partial charge in [0, 0.05) is 32.7 Å². The summed E-state index contributed by atoms with van der Waals surface area (Å²) in [5.41, 5.74) is -0.0758. The van der Waals surface area contributed by atoms with Crippen LogP contribution in [0.5, 0.6) is 0 Å². The lowest BCUT2D eigenvalue weighted by molar-refractivity contribution is -0.126. The van der Waals surface area contributed by atoms with Crippen LogP contribution in [0.2, 0.25) is 0 Å². The minimum atomic E-state index is -0.0758. The molecule has 0 aromatic carbocycles. The van der Waals surface area contributed by atoms with Crippen LogP contribution in [-0.2, 0) is 4.74 Å². The molecule has 16 heavy (non-hydrogen) atoms. The first-order chi connectivity index (χ1) is 7.79. The van der Waals surface area contributed by atoms with Crippen LogP contribution >= 0.6 is 0 Å². The predicted molar refractivity (Wildman–Crippen MR) is 59.3 cm³/mol.